The monoisotopic (exact) mass is 405 g/mol. The largest absolute Gasteiger partial charge is 0.439 e. The van der Waals surface area contributed by atoms with Gasteiger partial charge in [0.15, 0.2) is 0 Å². The smallest absolute Gasteiger partial charge is 0.259 e. The number of fused-ring (bicyclic) bond motifs is 3. The van der Waals surface area contributed by atoms with E-state index in [1.165, 1.54) is 0 Å². The summed E-state index contributed by atoms with van der Waals surface area (Å²) in [6.07, 6.45) is 0. The van der Waals surface area contributed by atoms with Crippen LogP contribution in [0.4, 0.5) is 0 Å². The molecule has 150 valence electrons. The number of hydrogen-bond acceptors (Lipinski definition) is 4. The summed E-state index contributed by atoms with van der Waals surface area (Å²) in [5.74, 6) is -0.126. The van der Waals surface area contributed by atoms with E-state index in [0.717, 1.165) is 22.0 Å². The Balaban J connectivity index is 1.85. The highest BCUT2D eigenvalue weighted by molar-refractivity contribution is 5.88. The summed E-state index contributed by atoms with van der Waals surface area (Å²) in [6.45, 7) is 0.413. The summed E-state index contributed by atoms with van der Waals surface area (Å²) in [7, 11) is 0. The molecule has 3 aromatic carbocycles. The third-order valence-corrected chi connectivity index (χ3v) is 5.65. The molecule has 0 unspecified atom stereocenters. The molecule has 5 heteroatoms. The number of benzene rings is 3. The molecule has 0 spiro atoms. The van der Waals surface area contributed by atoms with Crippen LogP contribution in [0.2, 0.25) is 0 Å². The predicted molar refractivity (Wildman–Crippen MR) is 119 cm³/mol. The molecule has 0 fully saturated rings. The molecular weight excluding hydrogens is 386 g/mol. The van der Waals surface area contributed by atoms with Crippen LogP contribution >= 0.6 is 0 Å². The fourth-order valence-corrected chi connectivity index (χ4v) is 4.24. The Morgan fingerprint density at radius 2 is 1.58 bits per heavy atom. The summed E-state index contributed by atoms with van der Waals surface area (Å²) < 4.78 is 7.66. The highest BCUT2D eigenvalue weighted by atomic mass is 16.5. The van der Waals surface area contributed by atoms with Crippen LogP contribution in [0.3, 0.4) is 0 Å². The first-order chi connectivity index (χ1) is 15.2. The lowest BCUT2D eigenvalue weighted by atomic mass is 9.83. The van der Waals surface area contributed by atoms with Crippen LogP contribution in [0.1, 0.15) is 22.6 Å². The van der Waals surface area contributed by atoms with Gasteiger partial charge >= 0.3 is 0 Å². The molecule has 1 aliphatic heterocycles. The summed E-state index contributed by atoms with van der Waals surface area (Å²) in [4.78, 5) is 13.9. The van der Waals surface area contributed by atoms with Gasteiger partial charge in [-0.2, -0.15) is 5.26 Å². The van der Waals surface area contributed by atoms with Crippen LogP contribution in [-0.2, 0) is 6.54 Å². The van der Waals surface area contributed by atoms with E-state index in [4.69, 9.17) is 10.5 Å². The number of aromatic nitrogens is 1. The molecule has 31 heavy (non-hydrogen) atoms. The number of nitrogens with zero attached hydrogens (tertiary/aromatic N) is 2. The minimum absolute atomic E-state index is 0.0363. The van der Waals surface area contributed by atoms with Gasteiger partial charge < -0.3 is 15.0 Å². The molecule has 1 atom stereocenters. The van der Waals surface area contributed by atoms with Gasteiger partial charge in [-0.3, -0.25) is 4.79 Å². The van der Waals surface area contributed by atoms with Gasteiger partial charge in [0.05, 0.1) is 23.5 Å². The molecule has 4 aromatic rings. The van der Waals surface area contributed by atoms with Gasteiger partial charge in [-0.25, -0.2) is 0 Å². The number of nitrogens with two attached hydrogens (primary N) is 1. The Kier molecular flexibility index (Phi) is 4.53. The molecule has 2 N–H and O–H groups in total. The summed E-state index contributed by atoms with van der Waals surface area (Å²) in [6, 6.07) is 29.1. The second kappa shape index (κ2) is 7.51. The first-order valence-corrected chi connectivity index (χ1v) is 10.0. The molecule has 0 saturated heterocycles. The van der Waals surface area contributed by atoms with E-state index in [1.54, 1.807) is 4.57 Å². The normalized spacial score (nSPS) is 15.3. The van der Waals surface area contributed by atoms with Crippen molar-refractivity contribution in [1.82, 2.24) is 4.57 Å². The number of nitriles is 1. The maximum Gasteiger partial charge on any atom is 0.259 e. The van der Waals surface area contributed by atoms with Crippen LogP contribution in [0.15, 0.2) is 101 Å². The Bertz CT molecular complexity index is 1410. The van der Waals surface area contributed by atoms with Gasteiger partial charge in [-0.1, -0.05) is 72.8 Å². The van der Waals surface area contributed by atoms with Gasteiger partial charge in [-0.15, -0.1) is 0 Å². The first kappa shape index (κ1) is 18.7. The van der Waals surface area contributed by atoms with Crippen LogP contribution in [0.5, 0.6) is 5.75 Å². The zero-order valence-corrected chi connectivity index (χ0v) is 16.7. The highest BCUT2D eigenvalue weighted by Crippen LogP contribution is 2.43. The lowest BCUT2D eigenvalue weighted by Crippen LogP contribution is -2.32. The zero-order valence-electron chi connectivity index (χ0n) is 16.7. The van der Waals surface area contributed by atoms with Crippen LogP contribution in [0.25, 0.3) is 10.9 Å². The van der Waals surface area contributed by atoms with E-state index in [9.17, 15) is 10.1 Å². The average molecular weight is 405 g/mol. The maximum absolute atomic E-state index is 13.9. The number of pyridine rings is 1. The SMILES string of the molecule is N#CC1=C(N)Oc2c(c(=O)n(Cc3ccccc3)c3ccccc23)[C@@H]1c1ccccc1. The van der Waals surface area contributed by atoms with Crippen molar-refractivity contribution in [1.29, 1.82) is 5.26 Å². The molecule has 0 bridgehead atoms. The average Bonchev–Trinajstić information content (AvgIpc) is 2.82. The van der Waals surface area contributed by atoms with E-state index >= 15 is 0 Å². The quantitative estimate of drug-likeness (QED) is 0.552. The van der Waals surface area contributed by atoms with E-state index in [0.29, 0.717) is 17.9 Å². The van der Waals surface area contributed by atoms with Crippen molar-refractivity contribution in [3.8, 4) is 11.8 Å². The molecule has 5 rings (SSSR count). The molecule has 1 aromatic heterocycles. The topological polar surface area (TPSA) is 81.0 Å². The van der Waals surface area contributed by atoms with Crippen molar-refractivity contribution in [2.75, 3.05) is 0 Å². The Morgan fingerprint density at radius 1 is 0.935 bits per heavy atom. The minimum Gasteiger partial charge on any atom is -0.439 e. The molecule has 0 radical (unpaired) electrons. The third-order valence-electron chi connectivity index (χ3n) is 5.65. The maximum atomic E-state index is 13.9. The van der Waals surface area contributed by atoms with E-state index in [-0.39, 0.29) is 17.0 Å². The highest BCUT2D eigenvalue weighted by Gasteiger charge is 2.35. The van der Waals surface area contributed by atoms with Crippen molar-refractivity contribution in [2.24, 2.45) is 5.73 Å². The number of rotatable bonds is 3. The van der Waals surface area contributed by atoms with E-state index in [1.807, 2.05) is 84.9 Å². The molecule has 0 amide bonds. The van der Waals surface area contributed by atoms with Crippen LogP contribution in [0, 0.1) is 11.3 Å². The predicted octanol–water partition coefficient (Wildman–Crippen LogP) is 4.27. The van der Waals surface area contributed by atoms with Gasteiger partial charge in [-0.05, 0) is 23.3 Å². The van der Waals surface area contributed by atoms with Crippen molar-refractivity contribution in [3.63, 3.8) is 0 Å². The molecule has 1 aliphatic rings. The van der Waals surface area contributed by atoms with E-state index in [2.05, 4.69) is 6.07 Å². The summed E-state index contributed by atoms with van der Waals surface area (Å²) in [5.41, 5.74) is 9.25. The molecule has 0 saturated carbocycles. The van der Waals surface area contributed by atoms with Crippen molar-refractivity contribution in [2.45, 2.75) is 12.5 Å². The number of para-hydroxylation sites is 1. The van der Waals surface area contributed by atoms with Gasteiger partial charge in [0.1, 0.15) is 17.4 Å². The van der Waals surface area contributed by atoms with Crippen molar-refractivity contribution >= 4 is 10.9 Å². The Morgan fingerprint density at radius 3 is 2.29 bits per heavy atom. The lowest BCUT2D eigenvalue weighted by molar-refractivity contribution is 0.395. The second-order valence-electron chi connectivity index (χ2n) is 7.47. The third kappa shape index (κ3) is 3.06. The first-order valence-electron chi connectivity index (χ1n) is 10.0. The Labute approximate surface area is 179 Å². The molecule has 0 aliphatic carbocycles. The van der Waals surface area contributed by atoms with Crippen LogP contribution in [-0.4, -0.2) is 4.57 Å². The fraction of sp³-hybridized carbons (Fsp3) is 0.0769. The summed E-state index contributed by atoms with van der Waals surface area (Å²) in [5, 5.41) is 10.6. The van der Waals surface area contributed by atoms with Crippen molar-refractivity contribution in [3.05, 3.63) is 123 Å². The van der Waals surface area contributed by atoms with Gasteiger partial charge in [0.2, 0.25) is 5.88 Å². The number of ether oxygens (including phenoxy) is 1. The van der Waals surface area contributed by atoms with Gasteiger partial charge in [0, 0.05) is 5.39 Å². The second-order valence-corrected chi connectivity index (χ2v) is 7.47. The molecule has 5 nitrogen and oxygen atoms in total. The summed E-state index contributed by atoms with van der Waals surface area (Å²) >= 11 is 0. The fourth-order valence-electron chi connectivity index (χ4n) is 4.24. The molecular formula is C26H19N3O2. The van der Waals surface area contributed by atoms with Crippen molar-refractivity contribution < 1.29 is 4.74 Å². The number of allylic oxidation sites excluding steroid dienone is 1. The van der Waals surface area contributed by atoms with E-state index < -0.39 is 5.92 Å². The Hall–Kier alpha value is -4.30. The van der Waals surface area contributed by atoms with Gasteiger partial charge in [0.25, 0.3) is 5.56 Å². The minimum atomic E-state index is -0.589. The standard InChI is InChI=1S/C26H19N3O2/c27-15-20-22(18-11-5-2-6-12-18)23-24(31-25(20)28)19-13-7-8-14-21(19)29(26(23)30)16-17-9-3-1-4-10-17/h1-14,22H,16,28H2/t22-/m1/s1. The molecule has 2 heterocycles. The number of hydrogen-bond donors (Lipinski definition) is 1. The van der Waals surface area contributed by atoms with Crippen LogP contribution < -0.4 is 16.0 Å². The lowest BCUT2D eigenvalue weighted by Gasteiger charge is -2.28. The zero-order chi connectivity index (χ0) is 21.4.